The van der Waals surface area contributed by atoms with E-state index in [-0.39, 0.29) is 17.6 Å². The van der Waals surface area contributed by atoms with Gasteiger partial charge in [-0.05, 0) is 124 Å². The SMILES string of the molecule is Cc1ccc(N(c2ccccc2)c2cc(C(C)C)c3ccc4c(N(c5ccccc5)c5ccc(OC(F)(F)F)cc5)cc(C(C)C)c5ccc2c3c54)cc1. The van der Waals surface area contributed by atoms with E-state index in [9.17, 15) is 13.2 Å². The molecule has 0 aliphatic heterocycles. The highest BCUT2D eigenvalue weighted by Crippen LogP contribution is 2.51. The Balaban J connectivity index is 1.46. The molecule has 8 aromatic carbocycles. The number of halogens is 3. The monoisotopic (exact) mass is 718 g/mol. The highest BCUT2D eigenvalue weighted by molar-refractivity contribution is 6.29. The minimum Gasteiger partial charge on any atom is -0.406 e. The van der Waals surface area contributed by atoms with Crippen LogP contribution in [0, 0.1) is 6.92 Å². The number of anilines is 6. The van der Waals surface area contributed by atoms with Crippen LogP contribution in [0.3, 0.4) is 0 Å². The molecule has 0 spiro atoms. The van der Waals surface area contributed by atoms with Gasteiger partial charge in [0.1, 0.15) is 5.75 Å². The van der Waals surface area contributed by atoms with Crippen LogP contribution >= 0.6 is 0 Å². The van der Waals surface area contributed by atoms with E-state index < -0.39 is 6.36 Å². The summed E-state index contributed by atoms with van der Waals surface area (Å²) in [7, 11) is 0. The molecule has 0 atom stereocenters. The van der Waals surface area contributed by atoms with Crippen LogP contribution in [-0.4, -0.2) is 6.36 Å². The van der Waals surface area contributed by atoms with E-state index >= 15 is 0 Å². The highest BCUT2D eigenvalue weighted by atomic mass is 19.4. The zero-order chi connectivity index (χ0) is 37.7. The molecule has 54 heavy (non-hydrogen) atoms. The third kappa shape index (κ3) is 6.36. The van der Waals surface area contributed by atoms with Crippen LogP contribution in [0.2, 0.25) is 0 Å². The number of aryl methyl sites for hydroxylation is 1. The summed E-state index contributed by atoms with van der Waals surface area (Å²) in [6.07, 6.45) is -4.78. The Labute approximate surface area is 314 Å². The van der Waals surface area contributed by atoms with Gasteiger partial charge in [0, 0.05) is 33.5 Å². The molecule has 6 heteroatoms. The Bertz CT molecular complexity index is 2560. The van der Waals surface area contributed by atoms with Crippen LogP contribution in [0.25, 0.3) is 32.3 Å². The van der Waals surface area contributed by atoms with Crippen LogP contribution < -0.4 is 14.5 Å². The Morgan fingerprint density at radius 3 is 1.22 bits per heavy atom. The van der Waals surface area contributed by atoms with Crippen molar-refractivity contribution in [3.05, 3.63) is 162 Å². The van der Waals surface area contributed by atoms with Crippen molar-refractivity contribution in [2.75, 3.05) is 9.80 Å². The summed E-state index contributed by atoms with van der Waals surface area (Å²) >= 11 is 0. The average Bonchev–Trinajstić information content (AvgIpc) is 3.16. The molecule has 0 N–H and O–H groups in total. The lowest BCUT2D eigenvalue weighted by Gasteiger charge is -2.31. The molecule has 0 fully saturated rings. The van der Waals surface area contributed by atoms with Gasteiger partial charge in [0.25, 0.3) is 0 Å². The molecule has 0 heterocycles. The number of hydrogen-bond acceptors (Lipinski definition) is 3. The van der Waals surface area contributed by atoms with E-state index in [0.29, 0.717) is 0 Å². The maximum absolute atomic E-state index is 13.2. The summed E-state index contributed by atoms with van der Waals surface area (Å²) in [6, 6.07) is 49.0. The van der Waals surface area contributed by atoms with E-state index in [4.69, 9.17) is 0 Å². The van der Waals surface area contributed by atoms with Crippen molar-refractivity contribution in [1.29, 1.82) is 0 Å². The smallest absolute Gasteiger partial charge is 0.406 e. The van der Waals surface area contributed by atoms with E-state index in [1.807, 2.05) is 36.4 Å². The molecule has 8 aromatic rings. The normalized spacial score (nSPS) is 12.0. The molecule has 0 unspecified atom stereocenters. The first-order valence-electron chi connectivity index (χ1n) is 18.4. The lowest BCUT2D eigenvalue weighted by atomic mass is 9.84. The topological polar surface area (TPSA) is 15.7 Å². The molecule has 8 rings (SSSR count). The van der Waals surface area contributed by atoms with Crippen molar-refractivity contribution in [3.63, 3.8) is 0 Å². The molecule has 0 aliphatic carbocycles. The number of ether oxygens (including phenoxy) is 1. The predicted molar refractivity (Wildman–Crippen MR) is 219 cm³/mol. The van der Waals surface area contributed by atoms with E-state index in [1.54, 1.807) is 12.1 Å². The maximum atomic E-state index is 13.2. The van der Waals surface area contributed by atoms with Gasteiger partial charge >= 0.3 is 6.36 Å². The van der Waals surface area contributed by atoms with Crippen LogP contribution in [0.15, 0.2) is 146 Å². The van der Waals surface area contributed by atoms with E-state index in [1.165, 1.54) is 50.4 Å². The van der Waals surface area contributed by atoms with Crippen LogP contribution in [0.5, 0.6) is 5.75 Å². The summed E-state index contributed by atoms with van der Waals surface area (Å²) in [5.41, 5.74) is 9.47. The Kier molecular flexibility index (Phi) is 8.93. The van der Waals surface area contributed by atoms with Gasteiger partial charge in [-0.15, -0.1) is 13.2 Å². The van der Waals surface area contributed by atoms with Crippen molar-refractivity contribution in [2.24, 2.45) is 0 Å². The molecular formula is C48H41F3N2O. The Hall–Kier alpha value is -6.01. The molecule has 0 aromatic heterocycles. The quantitative estimate of drug-likeness (QED) is 0.138. The van der Waals surface area contributed by atoms with Gasteiger partial charge in [-0.25, -0.2) is 0 Å². The van der Waals surface area contributed by atoms with Gasteiger partial charge in [-0.1, -0.05) is 106 Å². The van der Waals surface area contributed by atoms with Crippen molar-refractivity contribution >= 4 is 66.4 Å². The lowest BCUT2D eigenvalue weighted by molar-refractivity contribution is -0.274. The standard InChI is InChI=1S/C48H41F3N2O/c1-30(2)42-28-44(52(33-12-8-6-9-13-33)35-18-16-32(5)17-19-35)40-26-24-39-43(31(3)4)29-45(41-27-25-38(42)46(40)47(39)41)53(34-14-10-7-11-15-34)36-20-22-37(23-21-36)54-48(49,50)51/h6-31H,1-5H3. The summed E-state index contributed by atoms with van der Waals surface area (Å²) < 4.78 is 43.7. The fourth-order valence-corrected chi connectivity index (χ4v) is 7.83. The van der Waals surface area contributed by atoms with Gasteiger partial charge in [0.15, 0.2) is 0 Å². The zero-order valence-corrected chi connectivity index (χ0v) is 30.9. The number of hydrogen-bond donors (Lipinski definition) is 0. The van der Waals surface area contributed by atoms with Gasteiger partial charge in [-0.2, -0.15) is 0 Å². The molecule has 0 radical (unpaired) electrons. The maximum Gasteiger partial charge on any atom is 0.573 e. The van der Waals surface area contributed by atoms with Gasteiger partial charge in [0.05, 0.1) is 11.4 Å². The summed E-state index contributed by atoms with van der Waals surface area (Å²) in [5, 5.41) is 6.97. The molecule has 0 saturated heterocycles. The molecule has 3 nitrogen and oxygen atoms in total. The van der Waals surface area contributed by atoms with Gasteiger partial charge in [0.2, 0.25) is 0 Å². The number of rotatable bonds is 9. The molecule has 270 valence electrons. The van der Waals surface area contributed by atoms with E-state index in [2.05, 4.69) is 134 Å². The van der Waals surface area contributed by atoms with Crippen molar-refractivity contribution in [1.82, 2.24) is 0 Å². The molecule has 0 amide bonds. The minimum atomic E-state index is -4.78. The second kappa shape index (κ2) is 13.8. The second-order valence-electron chi connectivity index (χ2n) is 14.6. The molecule has 0 saturated carbocycles. The fraction of sp³-hybridized carbons (Fsp3) is 0.167. The number of benzene rings is 8. The van der Waals surface area contributed by atoms with Crippen molar-refractivity contribution in [3.8, 4) is 5.75 Å². The molecule has 0 aliphatic rings. The van der Waals surface area contributed by atoms with Gasteiger partial charge < -0.3 is 14.5 Å². The first-order valence-corrected chi connectivity index (χ1v) is 18.4. The van der Waals surface area contributed by atoms with Crippen LogP contribution in [0.4, 0.5) is 47.3 Å². The minimum absolute atomic E-state index is 0.186. The Morgan fingerprint density at radius 1 is 0.463 bits per heavy atom. The Morgan fingerprint density at radius 2 is 0.833 bits per heavy atom. The largest absolute Gasteiger partial charge is 0.573 e. The molecule has 0 bridgehead atoms. The van der Waals surface area contributed by atoms with Crippen molar-refractivity contribution < 1.29 is 17.9 Å². The van der Waals surface area contributed by atoms with Crippen molar-refractivity contribution in [2.45, 2.75) is 52.8 Å². The number of para-hydroxylation sites is 2. The lowest BCUT2D eigenvalue weighted by Crippen LogP contribution is -2.17. The average molecular weight is 719 g/mol. The predicted octanol–water partition coefficient (Wildman–Crippen LogP) is 15.0. The third-order valence-electron chi connectivity index (χ3n) is 10.3. The van der Waals surface area contributed by atoms with E-state index in [0.717, 1.165) is 44.9 Å². The fourth-order valence-electron chi connectivity index (χ4n) is 7.83. The van der Waals surface area contributed by atoms with Crippen LogP contribution in [-0.2, 0) is 0 Å². The highest BCUT2D eigenvalue weighted by Gasteiger charge is 2.31. The third-order valence-corrected chi connectivity index (χ3v) is 10.3. The second-order valence-corrected chi connectivity index (χ2v) is 14.6. The number of nitrogens with zero attached hydrogens (tertiary/aromatic N) is 2. The summed E-state index contributed by atoms with van der Waals surface area (Å²) in [4.78, 5) is 4.50. The first kappa shape index (κ1) is 35.0. The first-order chi connectivity index (χ1) is 26.0. The molecular weight excluding hydrogens is 678 g/mol. The zero-order valence-electron chi connectivity index (χ0n) is 30.9. The summed E-state index contributed by atoms with van der Waals surface area (Å²) in [5.74, 6) is 0.167. The van der Waals surface area contributed by atoms with Crippen LogP contribution in [0.1, 0.15) is 56.2 Å². The summed E-state index contributed by atoms with van der Waals surface area (Å²) in [6.45, 7) is 11.0. The van der Waals surface area contributed by atoms with Gasteiger partial charge in [-0.3, -0.25) is 0 Å². The number of alkyl halides is 3.